The molecule has 1 amide bonds. The third-order valence-corrected chi connectivity index (χ3v) is 10.0. The van der Waals surface area contributed by atoms with Gasteiger partial charge in [0.15, 0.2) is 9.84 Å². The van der Waals surface area contributed by atoms with E-state index in [2.05, 4.69) is 4.98 Å². The largest absolute Gasteiger partial charge is 0.459 e. The quantitative estimate of drug-likeness (QED) is 0.307. The Balaban J connectivity index is 1.61. The van der Waals surface area contributed by atoms with Crippen molar-refractivity contribution in [3.05, 3.63) is 69.3 Å². The topological polar surface area (TPSA) is 131 Å². The molecule has 42 heavy (non-hydrogen) atoms. The van der Waals surface area contributed by atoms with Crippen LogP contribution >= 0.6 is 22.9 Å². The SMILES string of the molecule is CC(C)(C)OC(=O)CN([C@H]1CCN(c2ccc(-c3ccccc3S(C)(=O)=O)cn2)C1=O)S(=O)(=O)C=Cc1ccc(Cl)s1. The Morgan fingerprint density at radius 2 is 1.86 bits per heavy atom. The van der Waals surface area contributed by atoms with Crippen LogP contribution in [0.4, 0.5) is 5.82 Å². The van der Waals surface area contributed by atoms with Gasteiger partial charge in [0.2, 0.25) is 15.9 Å². The molecule has 0 saturated carbocycles. The van der Waals surface area contributed by atoms with Gasteiger partial charge in [0.05, 0.1) is 9.23 Å². The highest BCUT2D eigenvalue weighted by Gasteiger charge is 2.43. The molecule has 1 aliphatic rings. The second kappa shape index (κ2) is 12.3. The number of ether oxygens (including phenoxy) is 1. The van der Waals surface area contributed by atoms with Crippen LogP contribution in [0.3, 0.4) is 0 Å². The molecule has 3 heterocycles. The van der Waals surface area contributed by atoms with Crippen LogP contribution in [0.5, 0.6) is 0 Å². The predicted octanol–water partition coefficient (Wildman–Crippen LogP) is 4.62. The first kappa shape index (κ1) is 31.8. The monoisotopic (exact) mass is 651 g/mol. The summed E-state index contributed by atoms with van der Waals surface area (Å²) < 4.78 is 58.1. The van der Waals surface area contributed by atoms with E-state index in [4.69, 9.17) is 16.3 Å². The molecule has 10 nitrogen and oxygen atoms in total. The Morgan fingerprint density at radius 3 is 2.45 bits per heavy atom. The molecule has 3 aromatic rings. The number of thiophene rings is 1. The number of anilines is 1. The third kappa shape index (κ3) is 7.64. The maximum Gasteiger partial charge on any atom is 0.321 e. The Kier molecular flexibility index (Phi) is 9.28. The lowest BCUT2D eigenvalue weighted by atomic mass is 10.1. The second-order valence-electron chi connectivity index (χ2n) is 10.6. The summed E-state index contributed by atoms with van der Waals surface area (Å²) in [5, 5.41) is 0.946. The number of amides is 1. The minimum Gasteiger partial charge on any atom is -0.459 e. The Bertz CT molecular complexity index is 1730. The lowest BCUT2D eigenvalue weighted by Gasteiger charge is -2.27. The molecule has 1 saturated heterocycles. The zero-order valence-corrected chi connectivity index (χ0v) is 26.6. The summed E-state index contributed by atoms with van der Waals surface area (Å²) >= 11 is 7.13. The lowest BCUT2D eigenvalue weighted by molar-refractivity contribution is -0.155. The summed E-state index contributed by atoms with van der Waals surface area (Å²) in [7, 11) is -7.75. The number of carbonyl (C=O) groups is 2. The molecule has 2 aromatic heterocycles. The van der Waals surface area contributed by atoms with Gasteiger partial charge < -0.3 is 4.74 Å². The molecule has 14 heteroatoms. The van der Waals surface area contributed by atoms with Crippen molar-refractivity contribution in [2.75, 3.05) is 24.2 Å². The average molecular weight is 652 g/mol. The van der Waals surface area contributed by atoms with Crippen LogP contribution in [0.25, 0.3) is 17.2 Å². The van der Waals surface area contributed by atoms with Gasteiger partial charge in [0.1, 0.15) is 24.0 Å². The van der Waals surface area contributed by atoms with Gasteiger partial charge in [-0.2, -0.15) is 4.31 Å². The lowest BCUT2D eigenvalue weighted by Crippen LogP contribution is -2.48. The van der Waals surface area contributed by atoms with Crippen molar-refractivity contribution >= 4 is 66.6 Å². The molecule has 0 spiro atoms. The fraction of sp³-hybridized carbons (Fsp3) is 0.321. The molecule has 1 aliphatic heterocycles. The Hall–Kier alpha value is -3.10. The first-order valence-corrected chi connectivity index (χ1v) is 17.4. The number of hydrogen-bond acceptors (Lipinski definition) is 9. The number of aromatic nitrogens is 1. The summed E-state index contributed by atoms with van der Waals surface area (Å²) in [5.41, 5.74) is 0.150. The van der Waals surface area contributed by atoms with Crippen molar-refractivity contribution in [2.24, 2.45) is 0 Å². The molecular weight excluding hydrogens is 622 g/mol. The van der Waals surface area contributed by atoms with E-state index in [9.17, 15) is 26.4 Å². The highest BCUT2D eigenvalue weighted by molar-refractivity contribution is 7.92. The molecule has 0 radical (unpaired) electrons. The first-order chi connectivity index (χ1) is 19.5. The van der Waals surface area contributed by atoms with Crippen molar-refractivity contribution in [1.29, 1.82) is 0 Å². The van der Waals surface area contributed by atoms with E-state index in [1.165, 1.54) is 34.6 Å². The molecule has 0 bridgehead atoms. The smallest absolute Gasteiger partial charge is 0.321 e. The van der Waals surface area contributed by atoms with Gasteiger partial charge in [-0.1, -0.05) is 29.8 Å². The van der Waals surface area contributed by atoms with Gasteiger partial charge in [-0.3, -0.25) is 14.5 Å². The van der Waals surface area contributed by atoms with Crippen molar-refractivity contribution in [2.45, 2.75) is 43.7 Å². The van der Waals surface area contributed by atoms with Crippen LogP contribution in [0.1, 0.15) is 32.1 Å². The van der Waals surface area contributed by atoms with Crippen LogP contribution in [0.15, 0.2) is 65.0 Å². The molecule has 224 valence electrons. The number of benzene rings is 1. The highest BCUT2D eigenvalue weighted by atomic mass is 35.5. The maximum atomic E-state index is 13.6. The standard InChI is InChI=1S/C28H30ClN3O7S3/c1-28(2,3)39-26(33)18-32(42(37,38)16-14-20-10-11-24(29)40-20)22-13-15-31(27(22)34)25-12-9-19(17-30-25)21-7-5-6-8-23(21)41(4,35)36/h5-12,14,16-17,22H,13,15,18H2,1-4H3/t22-/m0/s1. The summed E-state index contributed by atoms with van der Waals surface area (Å²) in [4.78, 5) is 32.8. The van der Waals surface area contributed by atoms with Crippen molar-refractivity contribution in [3.8, 4) is 11.1 Å². The maximum absolute atomic E-state index is 13.6. The highest BCUT2D eigenvalue weighted by Crippen LogP contribution is 2.30. The van der Waals surface area contributed by atoms with E-state index < -0.39 is 49.9 Å². The van der Waals surface area contributed by atoms with Gasteiger partial charge >= 0.3 is 5.97 Å². The van der Waals surface area contributed by atoms with E-state index in [1.807, 2.05) is 0 Å². The van der Waals surface area contributed by atoms with Crippen molar-refractivity contribution in [1.82, 2.24) is 9.29 Å². The minimum absolute atomic E-state index is 0.111. The number of sulfone groups is 1. The molecule has 1 aromatic carbocycles. The van der Waals surface area contributed by atoms with Gasteiger partial charge in [0.25, 0.3) is 0 Å². The molecular formula is C28H30ClN3O7S3. The average Bonchev–Trinajstić information content (AvgIpc) is 3.49. The van der Waals surface area contributed by atoms with Crippen LogP contribution in [0.2, 0.25) is 4.34 Å². The van der Waals surface area contributed by atoms with Crippen LogP contribution in [0, 0.1) is 0 Å². The number of halogens is 1. The number of carbonyl (C=O) groups excluding carboxylic acids is 2. The predicted molar refractivity (Wildman–Crippen MR) is 163 cm³/mol. The normalized spacial score (nSPS) is 16.5. The Morgan fingerprint density at radius 1 is 1.14 bits per heavy atom. The Labute approximate surface area is 254 Å². The van der Waals surface area contributed by atoms with Gasteiger partial charge in [0, 0.05) is 40.4 Å². The number of esters is 1. The number of pyridine rings is 1. The molecule has 0 N–H and O–H groups in total. The van der Waals surface area contributed by atoms with E-state index in [0.29, 0.717) is 20.3 Å². The fourth-order valence-corrected chi connectivity index (χ4v) is 7.69. The summed E-state index contributed by atoms with van der Waals surface area (Å²) in [6.07, 6.45) is 4.06. The summed E-state index contributed by atoms with van der Waals surface area (Å²) in [6.45, 7) is 4.48. The minimum atomic E-state index is -4.25. The van der Waals surface area contributed by atoms with Crippen LogP contribution < -0.4 is 4.90 Å². The number of sulfonamides is 1. The zero-order valence-electron chi connectivity index (χ0n) is 23.4. The van der Waals surface area contributed by atoms with E-state index in [-0.39, 0.29) is 23.7 Å². The van der Waals surface area contributed by atoms with Gasteiger partial charge in [-0.25, -0.2) is 21.8 Å². The van der Waals surface area contributed by atoms with Crippen molar-refractivity contribution in [3.63, 3.8) is 0 Å². The van der Waals surface area contributed by atoms with Crippen LogP contribution in [-0.4, -0.2) is 69.0 Å². The van der Waals surface area contributed by atoms with Crippen molar-refractivity contribution < 1.29 is 31.2 Å². The van der Waals surface area contributed by atoms with Gasteiger partial charge in [-0.05, 0) is 63.6 Å². The molecule has 4 rings (SSSR count). The molecule has 1 fully saturated rings. The van der Waals surface area contributed by atoms with Crippen LogP contribution in [-0.2, 0) is 34.2 Å². The van der Waals surface area contributed by atoms with Gasteiger partial charge in [-0.15, -0.1) is 11.3 Å². The molecule has 0 unspecified atom stereocenters. The van der Waals surface area contributed by atoms with E-state index >= 15 is 0 Å². The number of rotatable bonds is 9. The summed E-state index contributed by atoms with van der Waals surface area (Å²) in [6, 6.07) is 11.9. The van der Waals surface area contributed by atoms with E-state index in [1.54, 1.807) is 63.2 Å². The zero-order chi connectivity index (χ0) is 30.9. The number of nitrogens with zero attached hydrogens (tertiary/aromatic N) is 3. The molecule has 1 atom stereocenters. The third-order valence-electron chi connectivity index (χ3n) is 6.18. The molecule has 0 aliphatic carbocycles. The fourth-order valence-electron chi connectivity index (χ4n) is 4.42. The van der Waals surface area contributed by atoms with E-state index in [0.717, 1.165) is 16.0 Å². The second-order valence-corrected chi connectivity index (χ2v) is 16.1. The number of hydrogen-bond donors (Lipinski definition) is 0. The first-order valence-electron chi connectivity index (χ1n) is 12.8. The summed E-state index contributed by atoms with van der Waals surface area (Å²) in [5.74, 6) is -1.08.